The molecule has 3 nitrogen and oxygen atoms in total. The summed E-state index contributed by atoms with van der Waals surface area (Å²) >= 11 is 0. The average molecular weight is 284 g/mol. The minimum absolute atomic E-state index is 0.123. The van der Waals surface area contributed by atoms with E-state index in [1.165, 1.54) is 18.3 Å². The molecule has 21 heavy (non-hydrogen) atoms. The largest absolute Gasteiger partial charge is 0.506 e. The Bertz CT molecular complexity index is 798. The highest BCUT2D eigenvalue weighted by Gasteiger charge is 2.23. The lowest BCUT2D eigenvalue weighted by Crippen LogP contribution is -2.10. The fourth-order valence-electron chi connectivity index (χ4n) is 2.54. The van der Waals surface area contributed by atoms with Crippen molar-refractivity contribution in [2.75, 3.05) is 0 Å². The van der Waals surface area contributed by atoms with E-state index in [-0.39, 0.29) is 17.0 Å². The fourth-order valence-corrected chi connectivity index (χ4v) is 2.54. The van der Waals surface area contributed by atoms with E-state index < -0.39 is 0 Å². The summed E-state index contributed by atoms with van der Waals surface area (Å²) in [6.07, 6.45) is 5.15. The lowest BCUT2D eigenvalue weighted by atomic mass is 9.87. The zero-order valence-corrected chi connectivity index (χ0v) is 12.3. The molecule has 3 rings (SSSR count). The van der Waals surface area contributed by atoms with Gasteiger partial charge in [-0.3, -0.25) is 4.98 Å². The summed E-state index contributed by atoms with van der Waals surface area (Å²) in [6, 6.07) is 6.28. The van der Waals surface area contributed by atoms with Crippen LogP contribution in [0.2, 0.25) is 0 Å². The number of nitrogens with zero attached hydrogens (tertiary/aromatic N) is 2. The van der Waals surface area contributed by atoms with Crippen LogP contribution in [-0.2, 0) is 5.41 Å². The van der Waals surface area contributed by atoms with Crippen LogP contribution in [0.15, 0.2) is 42.9 Å². The molecule has 2 aromatic heterocycles. The molecule has 1 aromatic carbocycles. The predicted octanol–water partition coefficient (Wildman–Crippen LogP) is 4.17. The molecule has 0 unspecified atom stereocenters. The van der Waals surface area contributed by atoms with Gasteiger partial charge in [0.25, 0.3) is 0 Å². The monoisotopic (exact) mass is 284 g/mol. The number of hydrogen-bond donors (Lipinski definition) is 1. The van der Waals surface area contributed by atoms with Gasteiger partial charge in [0.05, 0.1) is 17.9 Å². The van der Waals surface area contributed by atoms with Crippen LogP contribution < -0.4 is 0 Å². The fraction of sp³-hybridized carbons (Fsp3) is 0.235. The van der Waals surface area contributed by atoms with E-state index in [4.69, 9.17) is 0 Å². The molecule has 0 amide bonds. The quantitative estimate of drug-likeness (QED) is 0.728. The van der Waals surface area contributed by atoms with Crippen LogP contribution in [-0.4, -0.2) is 14.7 Å². The topological polar surface area (TPSA) is 38.0 Å². The number of aromatic hydroxyl groups is 1. The van der Waals surface area contributed by atoms with Crippen LogP contribution >= 0.6 is 0 Å². The summed E-state index contributed by atoms with van der Waals surface area (Å²) in [6.45, 7) is 6.28. The second-order valence-corrected chi connectivity index (χ2v) is 6.19. The number of halogens is 1. The minimum Gasteiger partial charge on any atom is -0.506 e. The summed E-state index contributed by atoms with van der Waals surface area (Å²) in [5, 5.41) is 11.0. The van der Waals surface area contributed by atoms with Gasteiger partial charge >= 0.3 is 0 Å². The van der Waals surface area contributed by atoms with Crippen molar-refractivity contribution < 1.29 is 9.50 Å². The first-order valence-corrected chi connectivity index (χ1v) is 6.82. The van der Waals surface area contributed by atoms with Crippen molar-refractivity contribution >= 4 is 10.9 Å². The molecular weight excluding hydrogens is 267 g/mol. The maximum atomic E-state index is 13.1. The highest BCUT2D eigenvalue weighted by molar-refractivity contribution is 5.91. The Labute approximate surface area is 122 Å². The molecule has 0 saturated carbocycles. The summed E-state index contributed by atoms with van der Waals surface area (Å²) in [4.78, 5) is 4.07. The highest BCUT2D eigenvalue weighted by atomic mass is 19.1. The number of pyridine rings is 1. The first kappa shape index (κ1) is 13.6. The lowest BCUT2D eigenvalue weighted by molar-refractivity contribution is 0.477. The SMILES string of the molecule is CC(C)(C)c1cn(-c2ccc(F)cc2)c2cncc(O)c12. The third-order valence-electron chi connectivity index (χ3n) is 3.61. The smallest absolute Gasteiger partial charge is 0.143 e. The van der Waals surface area contributed by atoms with Crippen molar-refractivity contribution in [2.45, 2.75) is 26.2 Å². The standard InChI is InChI=1S/C17H17FN2O/c1-17(2,3)13-10-20(12-6-4-11(18)5-7-12)14-8-19-9-15(21)16(13)14/h4-10,21H,1-3H3. The maximum Gasteiger partial charge on any atom is 0.143 e. The van der Waals surface area contributed by atoms with E-state index in [9.17, 15) is 9.50 Å². The van der Waals surface area contributed by atoms with Crippen molar-refractivity contribution in [3.63, 3.8) is 0 Å². The molecule has 0 aliphatic rings. The maximum absolute atomic E-state index is 13.1. The van der Waals surface area contributed by atoms with Crippen LogP contribution in [0.1, 0.15) is 26.3 Å². The summed E-state index contributed by atoms with van der Waals surface area (Å²) in [7, 11) is 0. The molecule has 0 saturated heterocycles. The molecule has 2 heterocycles. The molecule has 108 valence electrons. The number of fused-ring (bicyclic) bond motifs is 1. The third kappa shape index (κ3) is 2.27. The van der Waals surface area contributed by atoms with Crippen LogP contribution in [0, 0.1) is 5.82 Å². The molecule has 0 spiro atoms. The Morgan fingerprint density at radius 2 is 1.76 bits per heavy atom. The van der Waals surface area contributed by atoms with Gasteiger partial charge in [0.15, 0.2) is 0 Å². The van der Waals surface area contributed by atoms with E-state index in [0.29, 0.717) is 0 Å². The van der Waals surface area contributed by atoms with Gasteiger partial charge in [-0.15, -0.1) is 0 Å². The van der Waals surface area contributed by atoms with Gasteiger partial charge in [-0.1, -0.05) is 20.8 Å². The van der Waals surface area contributed by atoms with Gasteiger partial charge < -0.3 is 9.67 Å². The average Bonchev–Trinajstić information content (AvgIpc) is 2.81. The van der Waals surface area contributed by atoms with Gasteiger partial charge in [-0.25, -0.2) is 4.39 Å². The van der Waals surface area contributed by atoms with Crippen LogP contribution in [0.3, 0.4) is 0 Å². The molecule has 3 aromatic rings. The summed E-state index contributed by atoms with van der Waals surface area (Å²) < 4.78 is 15.0. The van der Waals surface area contributed by atoms with Gasteiger partial charge in [0.2, 0.25) is 0 Å². The van der Waals surface area contributed by atoms with Gasteiger partial charge in [0, 0.05) is 17.3 Å². The van der Waals surface area contributed by atoms with E-state index in [0.717, 1.165) is 22.2 Å². The number of hydrogen-bond acceptors (Lipinski definition) is 2. The van der Waals surface area contributed by atoms with Gasteiger partial charge in [0.1, 0.15) is 11.6 Å². The van der Waals surface area contributed by atoms with Gasteiger partial charge in [-0.2, -0.15) is 0 Å². The van der Waals surface area contributed by atoms with Crippen molar-refractivity contribution in [3.05, 3.63) is 54.2 Å². The van der Waals surface area contributed by atoms with E-state index in [1.54, 1.807) is 18.3 Å². The number of rotatable bonds is 1. The Balaban J connectivity index is 2.34. The van der Waals surface area contributed by atoms with E-state index in [2.05, 4.69) is 25.8 Å². The molecule has 0 aliphatic heterocycles. The molecule has 0 bridgehead atoms. The Kier molecular flexibility index (Phi) is 2.97. The molecule has 0 atom stereocenters. The second kappa shape index (κ2) is 4.58. The Morgan fingerprint density at radius 1 is 1.10 bits per heavy atom. The first-order valence-electron chi connectivity index (χ1n) is 6.82. The van der Waals surface area contributed by atoms with Crippen LogP contribution in [0.25, 0.3) is 16.6 Å². The summed E-state index contributed by atoms with van der Waals surface area (Å²) in [5.41, 5.74) is 2.56. The second-order valence-electron chi connectivity index (χ2n) is 6.19. The molecule has 1 N–H and O–H groups in total. The third-order valence-corrected chi connectivity index (χ3v) is 3.61. The van der Waals surface area contributed by atoms with Crippen molar-refractivity contribution in [1.29, 1.82) is 0 Å². The molecule has 0 fully saturated rings. The first-order chi connectivity index (χ1) is 9.88. The molecule has 0 aliphatic carbocycles. The molecule has 4 heteroatoms. The van der Waals surface area contributed by atoms with Crippen molar-refractivity contribution in [2.24, 2.45) is 0 Å². The van der Waals surface area contributed by atoms with E-state index >= 15 is 0 Å². The minimum atomic E-state index is -0.271. The summed E-state index contributed by atoms with van der Waals surface area (Å²) in [5.74, 6) is -0.106. The van der Waals surface area contributed by atoms with Crippen LogP contribution in [0.5, 0.6) is 5.75 Å². The Hall–Kier alpha value is -2.36. The lowest BCUT2D eigenvalue weighted by Gasteiger charge is -2.17. The van der Waals surface area contributed by atoms with Crippen molar-refractivity contribution in [1.82, 2.24) is 9.55 Å². The molecular formula is C17H17FN2O. The Morgan fingerprint density at radius 3 is 2.38 bits per heavy atom. The van der Waals surface area contributed by atoms with Gasteiger partial charge in [-0.05, 0) is 35.2 Å². The molecule has 0 radical (unpaired) electrons. The van der Waals surface area contributed by atoms with Crippen LogP contribution in [0.4, 0.5) is 4.39 Å². The predicted molar refractivity (Wildman–Crippen MR) is 81.4 cm³/mol. The zero-order chi connectivity index (χ0) is 15.2. The highest BCUT2D eigenvalue weighted by Crippen LogP contribution is 2.37. The van der Waals surface area contributed by atoms with Crippen molar-refractivity contribution in [3.8, 4) is 11.4 Å². The number of aromatic nitrogens is 2. The zero-order valence-electron chi connectivity index (χ0n) is 12.3. The number of benzene rings is 1. The van der Waals surface area contributed by atoms with E-state index in [1.807, 2.05) is 10.8 Å². The normalized spacial score (nSPS) is 12.0.